The smallest absolute Gasteiger partial charge is 0.175 e. The Morgan fingerprint density at radius 3 is 2.62 bits per heavy atom. The molecule has 3 rings (SSSR count). The molecule has 0 spiro atoms. The molecule has 0 saturated heterocycles. The predicted molar refractivity (Wildman–Crippen MR) is 124 cm³/mol. The average molecular weight is 436 g/mol. The summed E-state index contributed by atoms with van der Waals surface area (Å²) in [6, 6.07) is 10.1. The molecule has 0 amide bonds. The molecule has 0 radical (unpaired) electrons. The van der Waals surface area contributed by atoms with Gasteiger partial charge < -0.3 is 14.1 Å². The summed E-state index contributed by atoms with van der Waals surface area (Å²) in [7, 11) is 0. The molecule has 0 N–H and O–H groups in total. The first-order valence-electron chi connectivity index (χ1n) is 10.2. The lowest BCUT2D eigenvalue weighted by Gasteiger charge is -2.17. The van der Waals surface area contributed by atoms with E-state index in [4.69, 9.17) is 9.15 Å². The molecule has 4 nitrogen and oxygen atoms in total. The Morgan fingerprint density at radius 1 is 1.17 bits per heavy atom. The second-order valence-corrected chi connectivity index (χ2v) is 7.88. The zero-order chi connectivity index (χ0) is 19.9. The number of rotatable bonds is 11. The van der Waals surface area contributed by atoms with Gasteiger partial charge in [0.05, 0.1) is 4.88 Å². The van der Waals surface area contributed by atoms with Crippen LogP contribution in [0.25, 0.3) is 22.1 Å². The van der Waals surface area contributed by atoms with Crippen molar-refractivity contribution in [1.82, 2.24) is 4.90 Å². The van der Waals surface area contributed by atoms with Crippen LogP contribution < -0.4 is 4.74 Å². The average Bonchev–Trinajstić information content (AvgIpc) is 3.29. The van der Waals surface area contributed by atoms with Gasteiger partial charge in [-0.3, -0.25) is 4.79 Å². The highest BCUT2D eigenvalue weighted by Crippen LogP contribution is 2.42. The lowest BCUT2D eigenvalue weighted by atomic mass is 10.0. The second kappa shape index (κ2) is 11.4. The van der Waals surface area contributed by atoms with Crippen molar-refractivity contribution in [2.24, 2.45) is 0 Å². The van der Waals surface area contributed by atoms with Crippen LogP contribution in [0, 0.1) is 0 Å². The molecule has 2 aromatic heterocycles. The van der Waals surface area contributed by atoms with E-state index in [2.05, 4.69) is 31.7 Å². The lowest BCUT2D eigenvalue weighted by molar-refractivity contribution is 0.112. The third-order valence-electron chi connectivity index (χ3n) is 5.09. The maximum atomic E-state index is 11.8. The highest BCUT2D eigenvalue weighted by molar-refractivity contribution is 7.16. The third-order valence-corrected chi connectivity index (χ3v) is 6.06. The Morgan fingerprint density at radius 2 is 1.93 bits per heavy atom. The van der Waals surface area contributed by atoms with Gasteiger partial charge in [0.25, 0.3) is 0 Å². The number of benzene rings is 1. The number of hydrogen-bond donors (Lipinski definition) is 0. The third kappa shape index (κ3) is 5.41. The quantitative estimate of drug-likeness (QED) is 0.324. The fourth-order valence-corrected chi connectivity index (χ4v) is 4.31. The highest BCUT2D eigenvalue weighted by atomic mass is 35.5. The number of aryl methyl sites for hydroxylation is 1. The fraction of sp³-hybridized carbons (Fsp3) is 0.435. The highest BCUT2D eigenvalue weighted by Gasteiger charge is 2.21. The molecule has 2 heterocycles. The maximum absolute atomic E-state index is 11.8. The van der Waals surface area contributed by atoms with Crippen molar-refractivity contribution >= 4 is 41.0 Å². The van der Waals surface area contributed by atoms with Crippen molar-refractivity contribution in [3.05, 3.63) is 41.0 Å². The molecule has 0 saturated carbocycles. The van der Waals surface area contributed by atoms with Gasteiger partial charge in [0.1, 0.15) is 18.0 Å². The minimum Gasteiger partial charge on any atom is -0.483 e. The zero-order valence-electron chi connectivity index (χ0n) is 17.4. The van der Waals surface area contributed by atoms with Crippen molar-refractivity contribution in [2.45, 2.75) is 40.0 Å². The van der Waals surface area contributed by atoms with E-state index in [1.54, 1.807) is 0 Å². The van der Waals surface area contributed by atoms with Gasteiger partial charge in [-0.05, 0) is 25.6 Å². The summed E-state index contributed by atoms with van der Waals surface area (Å²) in [5.41, 5.74) is 2.84. The summed E-state index contributed by atoms with van der Waals surface area (Å²) >= 11 is 1.42. The van der Waals surface area contributed by atoms with Gasteiger partial charge in [-0.25, -0.2) is 0 Å². The Balaban J connectivity index is 0.00000300. The summed E-state index contributed by atoms with van der Waals surface area (Å²) in [5, 5.41) is 1.85. The van der Waals surface area contributed by atoms with Crippen LogP contribution in [0.15, 0.2) is 34.7 Å². The number of furan rings is 1. The molecule has 29 heavy (non-hydrogen) atoms. The Kier molecular flexibility index (Phi) is 9.21. The molecule has 0 aliphatic carbocycles. The number of fused-ring (bicyclic) bond motifs is 1. The minimum absolute atomic E-state index is 0. The first-order chi connectivity index (χ1) is 13.7. The van der Waals surface area contributed by atoms with Crippen molar-refractivity contribution in [3.8, 4) is 16.2 Å². The van der Waals surface area contributed by atoms with Crippen molar-refractivity contribution in [1.29, 1.82) is 0 Å². The lowest BCUT2D eigenvalue weighted by Crippen LogP contribution is -2.27. The van der Waals surface area contributed by atoms with Crippen LogP contribution in [-0.4, -0.2) is 37.4 Å². The van der Waals surface area contributed by atoms with E-state index in [0.29, 0.717) is 11.5 Å². The molecule has 0 aliphatic rings. The number of hydrogen-bond acceptors (Lipinski definition) is 5. The number of thiophene rings is 1. The van der Waals surface area contributed by atoms with Crippen LogP contribution in [0.5, 0.6) is 5.06 Å². The summed E-state index contributed by atoms with van der Waals surface area (Å²) < 4.78 is 12.1. The van der Waals surface area contributed by atoms with Gasteiger partial charge in [-0.1, -0.05) is 56.7 Å². The molecule has 3 aromatic rings. The van der Waals surface area contributed by atoms with Crippen molar-refractivity contribution in [2.75, 3.05) is 26.2 Å². The maximum Gasteiger partial charge on any atom is 0.175 e. The number of carbonyl (C=O) groups excluding carboxylic acids is 1. The number of ether oxygens (including phenoxy) is 1. The van der Waals surface area contributed by atoms with Crippen molar-refractivity contribution in [3.63, 3.8) is 0 Å². The number of aldehydes is 1. The summed E-state index contributed by atoms with van der Waals surface area (Å²) in [6.45, 7) is 10.00. The zero-order valence-corrected chi connectivity index (χ0v) is 19.0. The standard InChI is InChI=1S/C23H29NO3S.ClH/c1-4-7-11-20-23(17-10-8-9-12-19(17)27-20)18-15-22(28-21(18)16-25)26-14-13-24(5-2)6-3;/h8-10,12,15-16H,4-7,11,13-14H2,1-3H3;1H. The van der Waals surface area contributed by atoms with Crippen LogP contribution in [0.4, 0.5) is 0 Å². The van der Waals surface area contributed by atoms with Gasteiger partial charge in [0.2, 0.25) is 0 Å². The number of nitrogens with zero attached hydrogens (tertiary/aromatic N) is 1. The molecule has 0 aliphatic heterocycles. The molecule has 158 valence electrons. The predicted octanol–water partition coefficient (Wildman–Crippen LogP) is 6.46. The van der Waals surface area contributed by atoms with Gasteiger partial charge >= 0.3 is 0 Å². The molecular formula is C23H30ClNO3S. The Labute approximate surface area is 183 Å². The largest absolute Gasteiger partial charge is 0.483 e. The van der Waals surface area contributed by atoms with Crippen LogP contribution >= 0.6 is 23.7 Å². The monoisotopic (exact) mass is 435 g/mol. The second-order valence-electron chi connectivity index (χ2n) is 6.84. The normalized spacial score (nSPS) is 11.0. The molecule has 1 aromatic carbocycles. The first kappa shape index (κ1) is 23.5. The summed E-state index contributed by atoms with van der Waals surface area (Å²) in [6.07, 6.45) is 3.95. The molecule has 6 heteroatoms. The van der Waals surface area contributed by atoms with Gasteiger partial charge in [-0.15, -0.1) is 12.4 Å². The summed E-state index contributed by atoms with van der Waals surface area (Å²) in [4.78, 5) is 14.8. The van der Waals surface area contributed by atoms with Crippen molar-refractivity contribution < 1.29 is 13.9 Å². The van der Waals surface area contributed by atoms with Gasteiger partial charge in [-0.2, -0.15) is 0 Å². The van der Waals surface area contributed by atoms with E-state index in [1.165, 1.54) is 11.3 Å². The number of halogens is 1. The number of likely N-dealkylation sites (N-methyl/N-ethyl adjacent to an activating group) is 1. The number of para-hydroxylation sites is 1. The van der Waals surface area contributed by atoms with Crippen LogP contribution in [0.1, 0.15) is 49.0 Å². The first-order valence-corrected chi connectivity index (χ1v) is 11.0. The van der Waals surface area contributed by atoms with E-state index >= 15 is 0 Å². The van der Waals surface area contributed by atoms with E-state index in [-0.39, 0.29) is 12.4 Å². The van der Waals surface area contributed by atoms with Crippen LogP contribution in [0.2, 0.25) is 0 Å². The topological polar surface area (TPSA) is 42.7 Å². The van der Waals surface area contributed by atoms with E-state index in [9.17, 15) is 4.79 Å². The Hall–Kier alpha value is -1.82. The molecule has 0 fully saturated rings. The number of carbonyl (C=O) groups is 1. The molecule has 0 bridgehead atoms. The van der Waals surface area contributed by atoms with E-state index in [1.807, 2.05) is 24.3 Å². The fourth-order valence-electron chi connectivity index (χ4n) is 3.46. The molecular weight excluding hydrogens is 406 g/mol. The summed E-state index contributed by atoms with van der Waals surface area (Å²) in [5.74, 6) is 0.957. The van der Waals surface area contributed by atoms with Gasteiger partial charge in [0.15, 0.2) is 11.3 Å². The van der Waals surface area contributed by atoms with E-state index in [0.717, 1.165) is 78.1 Å². The van der Waals surface area contributed by atoms with Crippen LogP contribution in [0.3, 0.4) is 0 Å². The van der Waals surface area contributed by atoms with E-state index < -0.39 is 0 Å². The van der Waals surface area contributed by atoms with Gasteiger partial charge in [0, 0.05) is 35.5 Å². The SMILES string of the molecule is CCCCc1oc2ccccc2c1-c1cc(OCCN(CC)CC)sc1C=O.Cl. The Bertz CT molecular complexity index is 914. The molecule has 0 unspecified atom stereocenters. The molecule has 0 atom stereocenters. The minimum atomic E-state index is 0. The number of unbranched alkanes of at least 4 members (excludes halogenated alkanes) is 1. The van der Waals surface area contributed by atoms with Crippen LogP contribution in [-0.2, 0) is 6.42 Å².